The largest absolute Gasteiger partial charge is 0.477 e. The fraction of sp³-hybridized carbons (Fsp3) is 0.455. The highest BCUT2D eigenvalue weighted by Gasteiger charge is 2.22. The van der Waals surface area contributed by atoms with Crippen molar-refractivity contribution in [2.24, 2.45) is 10.9 Å². The molecule has 0 saturated heterocycles. The molecule has 1 fully saturated rings. The molecule has 2 heterocycles. The summed E-state index contributed by atoms with van der Waals surface area (Å²) in [5.41, 5.74) is 1.45. The first kappa shape index (κ1) is 25.1. The third-order valence-electron chi connectivity index (χ3n) is 4.95. The molecule has 33 heavy (non-hydrogen) atoms. The van der Waals surface area contributed by atoms with Gasteiger partial charge >= 0.3 is 6.61 Å². The van der Waals surface area contributed by atoms with Crippen molar-refractivity contribution in [1.29, 1.82) is 0 Å². The lowest BCUT2D eigenvalue weighted by Gasteiger charge is -2.15. The number of nitrogens with zero attached hydrogens (tertiary/aromatic N) is 2. The molecule has 180 valence electrons. The molecular weight excluding hydrogens is 549 g/mol. The molecule has 0 spiro atoms. The minimum atomic E-state index is -2.95. The number of alkyl halides is 2. The van der Waals surface area contributed by atoms with Gasteiger partial charge in [0.05, 0.1) is 13.2 Å². The maximum Gasteiger partial charge on any atom is 0.387 e. The summed E-state index contributed by atoms with van der Waals surface area (Å²) in [4.78, 5) is 8.82. The van der Waals surface area contributed by atoms with E-state index in [-0.39, 0.29) is 43.1 Å². The number of ether oxygens (including phenoxy) is 4. The van der Waals surface area contributed by atoms with Gasteiger partial charge in [0.1, 0.15) is 5.75 Å². The van der Waals surface area contributed by atoms with Crippen LogP contribution in [0.5, 0.6) is 23.1 Å². The zero-order chi connectivity index (χ0) is 22.3. The van der Waals surface area contributed by atoms with Crippen molar-refractivity contribution in [3.8, 4) is 23.1 Å². The number of benzene rings is 1. The number of rotatable bonds is 10. The van der Waals surface area contributed by atoms with E-state index in [4.69, 9.17) is 14.2 Å². The fourth-order valence-electron chi connectivity index (χ4n) is 3.12. The van der Waals surface area contributed by atoms with Crippen LogP contribution in [0.15, 0.2) is 35.5 Å². The lowest BCUT2D eigenvalue weighted by atomic mass is 10.1. The molecule has 1 aromatic carbocycles. The van der Waals surface area contributed by atoms with Crippen LogP contribution in [-0.4, -0.2) is 37.5 Å². The van der Waals surface area contributed by atoms with Crippen molar-refractivity contribution in [1.82, 2.24) is 15.6 Å². The molecule has 11 heteroatoms. The molecule has 0 atom stereocenters. The van der Waals surface area contributed by atoms with Crippen molar-refractivity contribution in [3.05, 3.63) is 41.6 Å². The van der Waals surface area contributed by atoms with Crippen LogP contribution in [0.4, 0.5) is 8.78 Å². The molecule has 1 aliphatic carbocycles. The Kier molecular flexibility index (Phi) is 9.15. The molecule has 0 radical (unpaired) electrons. The van der Waals surface area contributed by atoms with Gasteiger partial charge in [-0.3, -0.25) is 0 Å². The molecule has 2 aliphatic rings. The summed E-state index contributed by atoms with van der Waals surface area (Å²) in [6, 6.07) is 6.80. The molecule has 0 bridgehead atoms. The van der Waals surface area contributed by atoms with E-state index >= 15 is 0 Å². The average molecular weight is 576 g/mol. The molecule has 1 saturated carbocycles. The number of guanidine groups is 1. The zero-order valence-corrected chi connectivity index (χ0v) is 20.5. The first-order chi connectivity index (χ1) is 15.6. The van der Waals surface area contributed by atoms with Gasteiger partial charge in [0.25, 0.3) is 0 Å². The monoisotopic (exact) mass is 576 g/mol. The third kappa shape index (κ3) is 7.47. The van der Waals surface area contributed by atoms with E-state index in [1.54, 1.807) is 12.3 Å². The number of aliphatic imine (C=N–C) groups is 1. The normalized spacial score (nSPS) is 14.6. The van der Waals surface area contributed by atoms with Gasteiger partial charge in [0.15, 0.2) is 17.5 Å². The van der Waals surface area contributed by atoms with Crippen molar-refractivity contribution in [2.75, 3.05) is 19.9 Å². The molecule has 0 unspecified atom stereocenters. The SMILES string of the molecule is CCNC(=NCc1ccnc(OCC2CC2)c1)NCc1cc2c(cc1OC(F)F)OCO2.I. The number of halogens is 3. The van der Waals surface area contributed by atoms with Crippen molar-refractivity contribution < 1.29 is 27.7 Å². The Hall–Kier alpha value is -2.57. The van der Waals surface area contributed by atoms with Crippen LogP contribution in [0.1, 0.15) is 30.9 Å². The summed E-state index contributed by atoms with van der Waals surface area (Å²) in [5, 5.41) is 6.29. The van der Waals surface area contributed by atoms with E-state index in [0.717, 1.165) is 5.56 Å². The Bertz CT molecular complexity index is 960. The second kappa shape index (κ2) is 12.1. The van der Waals surface area contributed by atoms with E-state index in [2.05, 4.69) is 25.3 Å². The Morgan fingerprint density at radius 2 is 2.00 bits per heavy atom. The van der Waals surface area contributed by atoms with Gasteiger partial charge in [-0.1, -0.05) is 0 Å². The van der Waals surface area contributed by atoms with Crippen LogP contribution in [0.25, 0.3) is 0 Å². The highest BCUT2D eigenvalue weighted by Crippen LogP contribution is 2.38. The van der Waals surface area contributed by atoms with E-state index in [0.29, 0.717) is 54.5 Å². The Morgan fingerprint density at radius 3 is 2.73 bits per heavy atom. The standard InChI is InChI=1S/C22H26F2N4O4.HI/c1-2-25-22(27-10-15-5-6-26-20(7-15)29-12-14-3-4-14)28-11-16-8-18-19(31-13-30-18)9-17(16)32-21(23)24;/h5-9,14,21H,2-4,10-13H2,1H3,(H2,25,27,28);1H. The summed E-state index contributed by atoms with van der Waals surface area (Å²) in [6.45, 7) is 0.985. The van der Waals surface area contributed by atoms with Crippen LogP contribution >= 0.6 is 24.0 Å². The van der Waals surface area contributed by atoms with Crippen molar-refractivity contribution >= 4 is 29.9 Å². The highest BCUT2D eigenvalue weighted by molar-refractivity contribution is 14.0. The number of nitrogens with one attached hydrogen (secondary N) is 2. The minimum Gasteiger partial charge on any atom is -0.477 e. The molecular formula is C22H27F2IN4O4. The van der Waals surface area contributed by atoms with Crippen LogP contribution < -0.4 is 29.6 Å². The number of fused-ring (bicyclic) bond motifs is 1. The predicted molar refractivity (Wildman–Crippen MR) is 129 cm³/mol. The predicted octanol–water partition coefficient (Wildman–Crippen LogP) is 4.07. The smallest absolute Gasteiger partial charge is 0.387 e. The summed E-state index contributed by atoms with van der Waals surface area (Å²) in [7, 11) is 0. The Morgan fingerprint density at radius 1 is 1.21 bits per heavy atom. The fourth-order valence-corrected chi connectivity index (χ4v) is 3.12. The van der Waals surface area contributed by atoms with Gasteiger partial charge in [0, 0.05) is 37.0 Å². The summed E-state index contributed by atoms with van der Waals surface area (Å²) in [6.07, 6.45) is 4.14. The maximum absolute atomic E-state index is 12.8. The van der Waals surface area contributed by atoms with E-state index in [1.165, 1.54) is 18.9 Å². The van der Waals surface area contributed by atoms with Gasteiger partial charge < -0.3 is 29.6 Å². The number of pyridine rings is 1. The highest BCUT2D eigenvalue weighted by atomic mass is 127. The first-order valence-corrected chi connectivity index (χ1v) is 10.6. The molecule has 4 rings (SSSR count). The topological polar surface area (TPSA) is 86.2 Å². The number of aromatic nitrogens is 1. The lowest BCUT2D eigenvalue weighted by Crippen LogP contribution is -2.36. The van der Waals surface area contributed by atoms with E-state index in [9.17, 15) is 8.78 Å². The van der Waals surface area contributed by atoms with Crippen LogP contribution in [0.3, 0.4) is 0 Å². The Labute approximate surface area is 208 Å². The van der Waals surface area contributed by atoms with Crippen LogP contribution in [0, 0.1) is 5.92 Å². The molecule has 0 amide bonds. The Balaban J connectivity index is 0.00000306. The minimum absolute atomic E-state index is 0. The third-order valence-corrected chi connectivity index (χ3v) is 4.95. The molecule has 1 aliphatic heterocycles. The summed E-state index contributed by atoms with van der Waals surface area (Å²) < 4.78 is 46.7. The van der Waals surface area contributed by atoms with Gasteiger partial charge in [-0.15, -0.1) is 24.0 Å². The lowest BCUT2D eigenvalue weighted by molar-refractivity contribution is -0.0505. The number of hydrogen-bond acceptors (Lipinski definition) is 6. The first-order valence-electron chi connectivity index (χ1n) is 10.6. The molecule has 1 aromatic heterocycles. The van der Waals surface area contributed by atoms with E-state index < -0.39 is 6.61 Å². The van der Waals surface area contributed by atoms with Gasteiger partial charge in [-0.05, 0) is 43.4 Å². The molecule has 8 nitrogen and oxygen atoms in total. The number of hydrogen-bond donors (Lipinski definition) is 2. The quantitative estimate of drug-likeness (QED) is 0.251. The molecule has 2 aromatic rings. The van der Waals surface area contributed by atoms with Crippen molar-refractivity contribution in [2.45, 2.75) is 39.5 Å². The average Bonchev–Trinajstić information content (AvgIpc) is 3.50. The van der Waals surface area contributed by atoms with Crippen molar-refractivity contribution in [3.63, 3.8) is 0 Å². The summed E-state index contributed by atoms with van der Waals surface area (Å²) >= 11 is 0. The maximum atomic E-state index is 12.8. The van der Waals surface area contributed by atoms with Gasteiger partial charge in [-0.25, -0.2) is 9.98 Å². The van der Waals surface area contributed by atoms with E-state index in [1.807, 2.05) is 19.1 Å². The van der Waals surface area contributed by atoms with Gasteiger partial charge in [-0.2, -0.15) is 8.78 Å². The van der Waals surface area contributed by atoms with Crippen LogP contribution in [-0.2, 0) is 13.1 Å². The molecule has 2 N–H and O–H groups in total. The summed E-state index contributed by atoms with van der Waals surface area (Å²) in [5.74, 6) is 2.67. The second-order valence-electron chi connectivity index (χ2n) is 7.50. The van der Waals surface area contributed by atoms with Crippen LogP contribution in [0.2, 0.25) is 0 Å². The second-order valence-corrected chi connectivity index (χ2v) is 7.50. The van der Waals surface area contributed by atoms with Gasteiger partial charge in [0.2, 0.25) is 12.7 Å². The zero-order valence-electron chi connectivity index (χ0n) is 18.2.